The van der Waals surface area contributed by atoms with Gasteiger partial charge in [-0.2, -0.15) is 5.10 Å². The number of ketones is 1. The van der Waals surface area contributed by atoms with E-state index in [1.807, 2.05) is 22.9 Å². The molecule has 5 rings (SSSR count). The topological polar surface area (TPSA) is 83.0 Å². The van der Waals surface area contributed by atoms with Crippen LogP contribution in [-0.2, 0) is 4.74 Å². The van der Waals surface area contributed by atoms with Crippen LogP contribution in [0.4, 0.5) is 5.69 Å². The van der Waals surface area contributed by atoms with E-state index >= 15 is 0 Å². The van der Waals surface area contributed by atoms with E-state index in [0.29, 0.717) is 32.7 Å². The molecule has 2 aromatic carbocycles. The second-order valence-electron chi connectivity index (χ2n) is 7.20. The van der Waals surface area contributed by atoms with E-state index in [-0.39, 0.29) is 12.0 Å². The van der Waals surface area contributed by atoms with Crippen LogP contribution in [0.3, 0.4) is 0 Å². The maximum absolute atomic E-state index is 13.4. The summed E-state index contributed by atoms with van der Waals surface area (Å²) in [6.45, 7) is 0.727. The molecule has 2 N–H and O–H groups in total. The first-order valence-electron chi connectivity index (χ1n) is 9.60. The molecular formula is C22H19ClN4O2. The number of nitrogen functional groups attached to an aromatic ring is 1. The van der Waals surface area contributed by atoms with E-state index < -0.39 is 0 Å². The van der Waals surface area contributed by atoms with Crippen molar-refractivity contribution in [3.63, 3.8) is 0 Å². The molecule has 0 bridgehead atoms. The largest absolute Gasteiger partial charge is 0.398 e. The van der Waals surface area contributed by atoms with Gasteiger partial charge in [0.25, 0.3) is 0 Å². The second-order valence-corrected chi connectivity index (χ2v) is 7.60. The molecule has 1 aliphatic rings. The number of benzene rings is 2. The Bertz CT molecular complexity index is 1240. The predicted octanol–water partition coefficient (Wildman–Crippen LogP) is 4.75. The lowest BCUT2D eigenvalue weighted by molar-refractivity contribution is -0.0366. The van der Waals surface area contributed by atoms with Crippen LogP contribution in [-0.4, -0.2) is 27.2 Å². The maximum atomic E-state index is 13.4. The normalized spacial score (nSPS) is 17.1. The number of nitrogens with two attached hydrogens (primary N) is 1. The summed E-state index contributed by atoms with van der Waals surface area (Å²) in [7, 11) is 0. The lowest BCUT2D eigenvalue weighted by Gasteiger charge is -2.23. The SMILES string of the molecule is Nc1c(C(=O)c2cccc3c2cnn3C2CCCCO2)cc(Cl)c2ncccc12. The quantitative estimate of drug-likeness (QED) is 0.392. The molecule has 1 saturated heterocycles. The van der Waals surface area contributed by atoms with Crippen molar-refractivity contribution >= 4 is 44.9 Å². The Kier molecular flexibility index (Phi) is 4.45. The molecule has 6 nitrogen and oxygen atoms in total. The summed E-state index contributed by atoms with van der Waals surface area (Å²) in [6, 6.07) is 10.8. The van der Waals surface area contributed by atoms with Crippen LogP contribution in [0.5, 0.6) is 0 Å². The third-order valence-electron chi connectivity index (χ3n) is 5.44. The number of carbonyl (C=O) groups is 1. The van der Waals surface area contributed by atoms with E-state index in [1.54, 1.807) is 30.6 Å². The molecule has 1 aliphatic heterocycles. The monoisotopic (exact) mass is 406 g/mol. The summed E-state index contributed by atoms with van der Waals surface area (Å²) >= 11 is 6.39. The van der Waals surface area contributed by atoms with E-state index in [2.05, 4.69) is 10.1 Å². The molecular weight excluding hydrogens is 388 g/mol. The standard InChI is InChI=1S/C22H19ClN4O2/c23-17-11-15(20(24)14-6-4-9-25-21(14)17)22(28)13-5-3-7-18-16(13)12-26-27(18)19-8-1-2-10-29-19/h3-7,9,11-12,19H,1-2,8,10,24H2. The van der Waals surface area contributed by atoms with Crippen molar-refractivity contribution in [2.24, 2.45) is 0 Å². The van der Waals surface area contributed by atoms with Crippen LogP contribution in [0.1, 0.15) is 41.4 Å². The van der Waals surface area contributed by atoms with E-state index in [4.69, 9.17) is 22.1 Å². The van der Waals surface area contributed by atoms with E-state index in [0.717, 1.165) is 36.8 Å². The highest BCUT2D eigenvalue weighted by Crippen LogP contribution is 2.33. The molecule has 0 radical (unpaired) electrons. The number of carbonyl (C=O) groups excluding carboxylic acids is 1. The fraction of sp³-hybridized carbons (Fsp3) is 0.227. The van der Waals surface area contributed by atoms with Gasteiger partial charge in [0.05, 0.1) is 27.9 Å². The second kappa shape index (κ2) is 7.13. The van der Waals surface area contributed by atoms with Crippen molar-refractivity contribution in [1.29, 1.82) is 0 Å². The first-order chi connectivity index (χ1) is 14.1. The number of pyridine rings is 1. The molecule has 29 heavy (non-hydrogen) atoms. The molecule has 2 aromatic heterocycles. The van der Waals surface area contributed by atoms with Crippen LogP contribution in [0, 0.1) is 0 Å². The molecule has 0 aliphatic carbocycles. The van der Waals surface area contributed by atoms with Gasteiger partial charge < -0.3 is 10.5 Å². The minimum Gasteiger partial charge on any atom is -0.398 e. The van der Waals surface area contributed by atoms with Gasteiger partial charge in [-0.05, 0) is 43.5 Å². The highest BCUT2D eigenvalue weighted by molar-refractivity contribution is 6.37. The van der Waals surface area contributed by atoms with Crippen molar-refractivity contribution in [2.45, 2.75) is 25.5 Å². The lowest BCUT2D eigenvalue weighted by Crippen LogP contribution is -2.19. The number of nitrogens with zero attached hydrogens (tertiary/aromatic N) is 3. The Morgan fingerprint density at radius 2 is 2.07 bits per heavy atom. The number of aromatic nitrogens is 3. The first kappa shape index (κ1) is 18.1. The average molecular weight is 407 g/mol. The van der Waals surface area contributed by atoms with Crippen molar-refractivity contribution in [2.75, 3.05) is 12.3 Å². The molecule has 1 fully saturated rings. The minimum atomic E-state index is -0.190. The van der Waals surface area contributed by atoms with Crippen molar-refractivity contribution in [3.05, 3.63) is 64.9 Å². The van der Waals surface area contributed by atoms with Gasteiger partial charge in [0.15, 0.2) is 12.0 Å². The molecule has 4 aromatic rings. The average Bonchev–Trinajstić information content (AvgIpc) is 3.21. The van der Waals surface area contributed by atoms with Crippen LogP contribution in [0.25, 0.3) is 21.8 Å². The van der Waals surface area contributed by atoms with Gasteiger partial charge in [-0.1, -0.05) is 23.7 Å². The molecule has 7 heteroatoms. The summed E-state index contributed by atoms with van der Waals surface area (Å²) in [5, 5.41) is 6.36. The number of halogens is 1. The van der Waals surface area contributed by atoms with Gasteiger partial charge in [-0.25, -0.2) is 4.68 Å². The Balaban J connectivity index is 1.63. The van der Waals surface area contributed by atoms with Crippen LogP contribution in [0.2, 0.25) is 5.02 Å². The van der Waals surface area contributed by atoms with Crippen LogP contribution >= 0.6 is 11.6 Å². The number of rotatable bonds is 3. The zero-order chi connectivity index (χ0) is 20.0. The third kappa shape index (κ3) is 2.96. The van der Waals surface area contributed by atoms with Gasteiger partial charge >= 0.3 is 0 Å². The Hall–Kier alpha value is -2.96. The highest BCUT2D eigenvalue weighted by atomic mass is 35.5. The fourth-order valence-corrected chi connectivity index (χ4v) is 4.24. The van der Waals surface area contributed by atoms with E-state index in [9.17, 15) is 4.79 Å². The number of ether oxygens (including phenoxy) is 1. The highest BCUT2D eigenvalue weighted by Gasteiger charge is 2.23. The molecule has 1 atom stereocenters. The number of hydrogen-bond donors (Lipinski definition) is 1. The van der Waals surface area contributed by atoms with Crippen molar-refractivity contribution in [1.82, 2.24) is 14.8 Å². The summed E-state index contributed by atoms with van der Waals surface area (Å²) in [4.78, 5) is 17.7. The van der Waals surface area contributed by atoms with Gasteiger partial charge in [0.1, 0.15) is 0 Å². The first-order valence-corrected chi connectivity index (χ1v) is 9.98. The molecule has 0 spiro atoms. The summed E-state index contributed by atoms with van der Waals surface area (Å²) < 4.78 is 7.74. The molecule has 0 saturated carbocycles. The van der Waals surface area contributed by atoms with Gasteiger partial charge in [-0.3, -0.25) is 9.78 Å². The Morgan fingerprint density at radius 3 is 2.90 bits per heavy atom. The fourth-order valence-electron chi connectivity index (χ4n) is 3.98. The number of fused-ring (bicyclic) bond motifs is 2. The summed E-state index contributed by atoms with van der Waals surface area (Å²) in [5.74, 6) is -0.190. The van der Waals surface area contributed by atoms with Gasteiger partial charge in [0.2, 0.25) is 0 Å². The predicted molar refractivity (Wildman–Crippen MR) is 113 cm³/mol. The zero-order valence-corrected chi connectivity index (χ0v) is 16.4. The third-order valence-corrected chi connectivity index (χ3v) is 5.73. The molecule has 1 unspecified atom stereocenters. The smallest absolute Gasteiger partial charge is 0.195 e. The zero-order valence-electron chi connectivity index (χ0n) is 15.6. The minimum absolute atomic E-state index is 0.0992. The lowest BCUT2D eigenvalue weighted by atomic mass is 9.97. The van der Waals surface area contributed by atoms with Crippen LogP contribution in [0.15, 0.2) is 48.8 Å². The van der Waals surface area contributed by atoms with Crippen molar-refractivity contribution < 1.29 is 9.53 Å². The Labute approximate surface area is 172 Å². The van der Waals surface area contributed by atoms with Gasteiger partial charge in [0, 0.05) is 34.7 Å². The maximum Gasteiger partial charge on any atom is 0.195 e. The number of hydrogen-bond acceptors (Lipinski definition) is 5. The Morgan fingerprint density at radius 1 is 1.17 bits per heavy atom. The van der Waals surface area contributed by atoms with Crippen molar-refractivity contribution in [3.8, 4) is 0 Å². The summed E-state index contributed by atoms with van der Waals surface area (Å²) in [5.41, 5.74) is 9.07. The number of anilines is 1. The van der Waals surface area contributed by atoms with E-state index in [1.165, 1.54) is 0 Å². The molecule has 0 amide bonds. The van der Waals surface area contributed by atoms with Crippen LogP contribution < -0.4 is 5.73 Å². The molecule has 146 valence electrons. The van der Waals surface area contributed by atoms with Gasteiger partial charge in [-0.15, -0.1) is 0 Å². The summed E-state index contributed by atoms with van der Waals surface area (Å²) in [6.07, 6.45) is 6.35. The molecule has 3 heterocycles.